The van der Waals surface area contributed by atoms with Crippen molar-refractivity contribution in [1.29, 1.82) is 0 Å². The fourth-order valence-electron chi connectivity index (χ4n) is 1.90. The Morgan fingerprint density at radius 3 is 3.24 bits per heavy atom. The van der Waals surface area contributed by atoms with Gasteiger partial charge in [-0.1, -0.05) is 0 Å². The van der Waals surface area contributed by atoms with Crippen LogP contribution in [0.15, 0.2) is 6.33 Å². The Bertz CT molecular complexity index is 386. The predicted octanol–water partition coefficient (Wildman–Crippen LogP) is -0.598. The van der Waals surface area contributed by atoms with Crippen molar-refractivity contribution < 1.29 is 9.53 Å². The molecular formula is C10H17N5O2. The molecule has 1 saturated heterocycles. The average Bonchev–Trinajstić information content (AvgIpc) is 2.89. The molecule has 17 heavy (non-hydrogen) atoms. The van der Waals surface area contributed by atoms with Crippen LogP contribution in [0, 0.1) is 5.92 Å². The topological polar surface area (TPSA) is 95.1 Å². The van der Waals surface area contributed by atoms with E-state index in [0.29, 0.717) is 5.92 Å². The normalized spacial score (nSPS) is 21.4. The van der Waals surface area contributed by atoms with Gasteiger partial charge in [0.2, 0.25) is 11.9 Å². The maximum atomic E-state index is 11.7. The summed E-state index contributed by atoms with van der Waals surface area (Å²) in [5.41, 5.74) is 5.36. The number of nitrogens with zero attached hydrogens (tertiary/aromatic N) is 3. The highest BCUT2D eigenvalue weighted by Crippen LogP contribution is 2.16. The number of anilines is 1. The minimum absolute atomic E-state index is 0.0886. The molecule has 1 fully saturated rings. The van der Waals surface area contributed by atoms with Gasteiger partial charge >= 0.3 is 0 Å². The third-order valence-corrected chi connectivity index (χ3v) is 2.92. The maximum Gasteiger partial charge on any atom is 0.242 e. The van der Waals surface area contributed by atoms with E-state index < -0.39 is 0 Å². The summed E-state index contributed by atoms with van der Waals surface area (Å²) in [6.07, 6.45) is 2.44. The zero-order chi connectivity index (χ0) is 12.3. The van der Waals surface area contributed by atoms with Gasteiger partial charge in [0.1, 0.15) is 12.9 Å². The lowest BCUT2D eigenvalue weighted by Crippen LogP contribution is -2.40. The molecule has 2 heterocycles. The van der Waals surface area contributed by atoms with Crippen LogP contribution in [-0.4, -0.2) is 39.9 Å². The Kier molecular flexibility index (Phi) is 3.58. The zero-order valence-electron chi connectivity index (χ0n) is 9.80. The van der Waals surface area contributed by atoms with Crippen LogP contribution in [0.4, 0.5) is 5.95 Å². The van der Waals surface area contributed by atoms with E-state index in [1.807, 2.05) is 6.92 Å². The van der Waals surface area contributed by atoms with E-state index in [1.54, 1.807) is 0 Å². The van der Waals surface area contributed by atoms with E-state index in [-0.39, 0.29) is 24.4 Å². The van der Waals surface area contributed by atoms with Gasteiger partial charge in [0.05, 0.1) is 6.61 Å². The van der Waals surface area contributed by atoms with Crippen LogP contribution < -0.4 is 11.1 Å². The lowest BCUT2D eigenvalue weighted by molar-refractivity contribution is -0.122. The van der Waals surface area contributed by atoms with Gasteiger partial charge < -0.3 is 15.8 Å². The Morgan fingerprint density at radius 2 is 2.65 bits per heavy atom. The molecule has 1 aliphatic heterocycles. The summed E-state index contributed by atoms with van der Waals surface area (Å²) < 4.78 is 6.71. The first kappa shape index (κ1) is 11.8. The van der Waals surface area contributed by atoms with E-state index in [9.17, 15) is 4.79 Å². The second kappa shape index (κ2) is 5.13. The molecule has 0 aliphatic carbocycles. The number of rotatable bonds is 4. The summed E-state index contributed by atoms with van der Waals surface area (Å²) >= 11 is 0. The number of amides is 1. The molecule has 94 valence electrons. The molecule has 1 aromatic rings. The molecular weight excluding hydrogens is 222 g/mol. The van der Waals surface area contributed by atoms with Crippen LogP contribution in [0.1, 0.15) is 13.3 Å². The molecule has 0 aromatic carbocycles. The molecule has 2 unspecified atom stereocenters. The Hall–Kier alpha value is -1.63. The number of hydrogen-bond acceptors (Lipinski definition) is 5. The summed E-state index contributed by atoms with van der Waals surface area (Å²) in [6, 6.07) is 0.117. The van der Waals surface area contributed by atoms with Crippen molar-refractivity contribution in [2.24, 2.45) is 5.92 Å². The van der Waals surface area contributed by atoms with Gasteiger partial charge in [-0.2, -0.15) is 0 Å². The number of carbonyl (C=O) groups is 1. The first-order chi connectivity index (χ1) is 8.15. The Balaban J connectivity index is 1.80. The SMILES string of the molecule is CC(NC(=O)Cn1cnc(N)n1)C1CCOC1. The van der Waals surface area contributed by atoms with E-state index in [0.717, 1.165) is 19.6 Å². The van der Waals surface area contributed by atoms with Gasteiger partial charge in [0, 0.05) is 18.6 Å². The number of nitrogens with one attached hydrogen (secondary N) is 1. The number of ether oxygens (including phenoxy) is 1. The fourth-order valence-corrected chi connectivity index (χ4v) is 1.90. The van der Waals surface area contributed by atoms with E-state index in [1.165, 1.54) is 11.0 Å². The second-order valence-corrected chi connectivity index (χ2v) is 4.28. The molecule has 0 bridgehead atoms. The smallest absolute Gasteiger partial charge is 0.242 e. The minimum Gasteiger partial charge on any atom is -0.381 e. The molecule has 1 aliphatic rings. The summed E-state index contributed by atoms with van der Waals surface area (Å²) in [7, 11) is 0. The van der Waals surface area contributed by atoms with Crippen molar-refractivity contribution in [3.8, 4) is 0 Å². The maximum absolute atomic E-state index is 11.7. The van der Waals surface area contributed by atoms with E-state index in [4.69, 9.17) is 10.5 Å². The van der Waals surface area contributed by atoms with Crippen molar-refractivity contribution in [2.45, 2.75) is 25.9 Å². The van der Waals surface area contributed by atoms with Crippen molar-refractivity contribution in [1.82, 2.24) is 20.1 Å². The number of carbonyl (C=O) groups excluding carboxylic acids is 1. The fraction of sp³-hybridized carbons (Fsp3) is 0.700. The molecule has 1 amide bonds. The van der Waals surface area contributed by atoms with Crippen LogP contribution in [0.2, 0.25) is 0 Å². The summed E-state index contributed by atoms with van der Waals surface area (Å²) in [6.45, 7) is 3.64. The summed E-state index contributed by atoms with van der Waals surface area (Å²) in [4.78, 5) is 15.5. The highest BCUT2D eigenvalue weighted by atomic mass is 16.5. The molecule has 2 rings (SSSR count). The van der Waals surface area contributed by atoms with Gasteiger partial charge in [-0.25, -0.2) is 9.67 Å². The molecule has 3 N–H and O–H groups in total. The molecule has 0 radical (unpaired) electrons. The lowest BCUT2D eigenvalue weighted by Gasteiger charge is -2.18. The monoisotopic (exact) mass is 239 g/mol. The molecule has 0 spiro atoms. The van der Waals surface area contributed by atoms with Crippen LogP contribution in [-0.2, 0) is 16.1 Å². The molecule has 2 atom stereocenters. The minimum atomic E-state index is -0.0886. The largest absolute Gasteiger partial charge is 0.381 e. The summed E-state index contributed by atoms with van der Waals surface area (Å²) in [5.74, 6) is 0.490. The Morgan fingerprint density at radius 1 is 1.82 bits per heavy atom. The molecule has 7 heteroatoms. The van der Waals surface area contributed by atoms with E-state index >= 15 is 0 Å². The quantitative estimate of drug-likeness (QED) is 0.731. The number of aromatic nitrogens is 3. The van der Waals surface area contributed by atoms with Crippen LogP contribution in [0.3, 0.4) is 0 Å². The number of nitrogens with two attached hydrogens (primary N) is 1. The summed E-state index contributed by atoms with van der Waals surface area (Å²) in [5, 5.41) is 6.78. The standard InChI is InChI=1S/C10H17N5O2/c1-7(8-2-3-17-5-8)13-9(16)4-15-6-12-10(11)14-15/h6-8H,2-5H2,1H3,(H2,11,14)(H,13,16). The van der Waals surface area contributed by atoms with Gasteiger partial charge in [-0.05, 0) is 13.3 Å². The zero-order valence-corrected chi connectivity index (χ0v) is 9.80. The highest BCUT2D eigenvalue weighted by Gasteiger charge is 2.23. The molecule has 1 aromatic heterocycles. The average molecular weight is 239 g/mol. The van der Waals surface area contributed by atoms with Gasteiger partial charge in [0.25, 0.3) is 0 Å². The van der Waals surface area contributed by atoms with Crippen LogP contribution >= 0.6 is 0 Å². The van der Waals surface area contributed by atoms with Crippen molar-refractivity contribution in [3.63, 3.8) is 0 Å². The van der Waals surface area contributed by atoms with E-state index in [2.05, 4.69) is 15.4 Å². The lowest BCUT2D eigenvalue weighted by atomic mass is 10.0. The molecule has 0 saturated carbocycles. The predicted molar refractivity (Wildman–Crippen MR) is 61.0 cm³/mol. The second-order valence-electron chi connectivity index (χ2n) is 4.28. The number of hydrogen-bond donors (Lipinski definition) is 2. The van der Waals surface area contributed by atoms with Crippen molar-refractivity contribution in [3.05, 3.63) is 6.33 Å². The van der Waals surface area contributed by atoms with Gasteiger partial charge in [0.15, 0.2) is 0 Å². The van der Waals surface area contributed by atoms with Crippen molar-refractivity contribution >= 4 is 11.9 Å². The Labute approximate surface area is 99.3 Å². The van der Waals surface area contributed by atoms with Gasteiger partial charge in [-0.3, -0.25) is 4.79 Å². The number of nitrogen functional groups attached to an aromatic ring is 1. The van der Waals surface area contributed by atoms with Crippen LogP contribution in [0.5, 0.6) is 0 Å². The molecule has 7 nitrogen and oxygen atoms in total. The van der Waals surface area contributed by atoms with Gasteiger partial charge in [-0.15, -0.1) is 5.10 Å². The first-order valence-corrected chi connectivity index (χ1v) is 5.67. The third kappa shape index (κ3) is 3.16. The van der Waals surface area contributed by atoms with Crippen LogP contribution in [0.25, 0.3) is 0 Å². The third-order valence-electron chi connectivity index (χ3n) is 2.92. The van der Waals surface area contributed by atoms with Crippen molar-refractivity contribution in [2.75, 3.05) is 18.9 Å². The first-order valence-electron chi connectivity index (χ1n) is 5.67. The highest BCUT2D eigenvalue weighted by molar-refractivity contribution is 5.75.